The van der Waals surface area contributed by atoms with Gasteiger partial charge in [-0.3, -0.25) is 19.4 Å². The van der Waals surface area contributed by atoms with Gasteiger partial charge in [0.1, 0.15) is 0 Å². The highest BCUT2D eigenvalue weighted by Gasteiger charge is 2.42. The summed E-state index contributed by atoms with van der Waals surface area (Å²) in [7, 11) is 9.44. The quantitative estimate of drug-likeness (QED) is 0.0180. The van der Waals surface area contributed by atoms with Crippen LogP contribution in [0.4, 0.5) is 0 Å². The third kappa shape index (κ3) is 35.2. The van der Waals surface area contributed by atoms with Crippen LogP contribution in [0, 0.1) is 48.5 Å². The summed E-state index contributed by atoms with van der Waals surface area (Å²) < 4.78 is 10.5. The number of nitrogens with one attached hydrogen (secondary N) is 3. The lowest BCUT2D eigenvalue weighted by atomic mass is 9.76. The number of nitrogens with two attached hydrogens (primary N) is 1. The lowest BCUT2D eigenvalue weighted by Crippen LogP contribution is -2.39. The second kappa shape index (κ2) is 57.9. The molecule has 2 heterocycles. The van der Waals surface area contributed by atoms with Gasteiger partial charge in [-0.2, -0.15) is 0 Å². The molecule has 8 N–H and O–H groups in total. The first kappa shape index (κ1) is 112. The fraction of sp³-hybridized carbons (Fsp3) is 0.636. The van der Waals surface area contributed by atoms with Crippen LogP contribution in [0.2, 0.25) is 0 Å². The Morgan fingerprint density at radius 3 is 0.912 bits per heavy atom. The Labute approximate surface area is 831 Å². The van der Waals surface area contributed by atoms with Crippen LogP contribution >= 0.6 is 0 Å². The number of likely N-dealkylation sites (tertiary alicyclic amines) is 1. The number of nitrogens with zero attached hydrogens (tertiary/aromatic N) is 5. The van der Waals surface area contributed by atoms with Crippen molar-refractivity contribution in [1.29, 1.82) is 0 Å². The van der Waals surface area contributed by atoms with E-state index >= 15 is 0 Å². The van der Waals surface area contributed by atoms with E-state index in [-0.39, 0.29) is 31.1 Å². The summed E-state index contributed by atoms with van der Waals surface area (Å²) in [6.07, 6.45) is 46.8. The van der Waals surface area contributed by atoms with Gasteiger partial charge in [-0.1, -0.05) is 299 Å². The minimum atomic E-state index is -0.247. The monoisotopic (exact) mass is 1880 g/mol. The zero-order valence-electron chi connectivity index (χ0n) is 87.8. The van der Waals surface area contributed by atoms with Crippen LogP contribution < -0.4 is 21.7 Å². The molecule has 2 amide bonds. The van der Waals surface area contributed by atoms with Crippen LogP contribution in [0.1, 0.15) is 309 Å². The molecule has 0 aromatic heterocycles. The molecule has 16 heteroatoms. The predicted octanol–water partition coefficient (Wildman–Crippen LogP) is 21.6. The number of aliphatic hydroxyl groups is 3. The van der Waals surface area contributed by atoms with Crippen molar-refractivity contribution in [3.05, 3.63) is 248 Å². The molecule has 16 nitrogen and oxygen atoms in total. The Morgan fingerprint density at radius 2 is 0.642 bits per heavy atom. The third-order valence-electron chi connectivity index (χ3n) is 33.5. The number of ether oxygens (including phenoxy) is 2. The predicted molar refractivity (Wildman–Crippen MR) is 573 cm³/mol. The maximum absolute atomic E-state index is 11.6. The van der Waals surface area contributed by atoms with Crippen molar-refractivity contribution >= 4 is 11.8 Å². The lowest BCUT2D eigenvalue weighted by molar-refractivity contribution is -0.127. The minimum Gasteiger partial charge on any atom is -0.395 e. The molecule has 0 bridgehead atoms. The number of hydrogen-bond acceptors (Lipinski definition) is 14. The molecule has 9 fully saturated rings. The number of carbonyl (C=O) groups excluding carboxylic acids is 2. The summed E-state index contributed by atoms with van der Waals surface area (Å²) >= 11 is 0. The smallest absolute Gasteiger partial charge is 0.236 e. The zero-order valence-corrected chi connectivity index (χ0v) is 87.8. The summed E-state index contributed by atoms with van der Waals surface area (Å²) in [5.41, 5.74) is 28.0. The average Bonchev–Trinajstić information content (AvgIpc) is 1.88. The lowest BCUT2D eigenvalue weighted by Gasteiger charge is -2.34. The second-order valence-electron chi connectivity index (χ2n) is 43.8. The van der Waals surface area contributed by atoms with Crippen molar-refractivity contribution in [2.75, 3.05) is 173 Å². The molecule has 7 aromatic carbocycles. The number of β-amino-alcohol motifs (C(OH)–C–C–N with tert-alkyl or cyclic N) is 1. The summed E-state index contributed by atoms with van der Waals surface area (Å²) in [4.78, 5) is 33.5. The molecule has 2 saturated heterocycles. The number of benzene rings is 7. The summed E-state index contributed by atoms with van der Waals surface area (Å²) in [6.45, 7) is 33.0. The molecular formula is C121H187N9O7. The molecule has 7 saturated carbocycles. The van der Waals surface area contributed by atoms with Crippen molar-refractivity contribution in [3.8, 4) is 0 Å². The van der Waals surface area contributed by atoms with Crippen LogP contribution in [0.25, 0.3) is 0 Å². The van der Waals surface area contributed by atoms with E-state index < -0.39 is 0 Å². The molecule has 0 unspecified atom stereocenters. The number of rotatable bonds is 39. The van der Waals surface area contributed by atoms with Crippen molar-refractivity contribution in [2.24, 2.45) is 5.73 Å². The fourth-order valence-corrected chi connectivity index (χ4v) is 24.4. The molecular weight excluding hydrogens is 1690 g/mol. The van der Waals surface area contributed by atoms with Gasteiger partial charge in [-0.25, -0.2) is 0 Å². The second-order valence-corrected chi connectivity index (χ2v) is 43.8. The van der Waals surface area contributed by atoms with Crippen molar-refractivity contribution < 1.29 is 34.4 Å². The molecule has 7 aliphatic carbocycles. The average molecular weight is 1880 g/mol. The molecule has 9 aliphatic rings. The van der Waals surface area contributed by atoms with Gasteiger partial charge in [0.2, 0.25) is 11.8 Å². The van der Waals surface area contributed by atoms with Crippen LogP contribution in [-0.4, -0.2) is 231 Å². The number of amides is 2. The Balaban J connectivity index is 0.000000165. The first-order valence-corrected chi connectivity index (χ1v) is 54.1. The number of primary amides is 1. The highest BCUT2D eigenvalue weighted by Crippen LogP contribution is 2.51. The van der Waals surface area contributed by atoms with Gasteiger partial charge in [-0.15, -0.1) is 0 Å². The van der Waals surface area contributed by atoms with Crippen LogP contribution in [-0.2, 0) is 57.0 Å². The number of hydrogen-bond donors (Lipinski definition) is 7. The van der Waals surface area contributed by atoms with E-state index in [4.69, 9.17) is 25.4 Å². The third-order valence-corrected chi connectivity index (χ3v) is 33.5. The van der Waals surface area contributed by atoms with Crippen LogP contribution in [0.5, 0.6) is 0 Å². The molecule has 16 rings (SSSR count). The number of methoxy groups -OCH3 is 1. The topological polar surface area (TPSA) is 192 Å². The molecule has 7 aromatic rings. The number of carbonyl (C=O) groups is 2. The van der Waals surface area contributed by atoms with Gasteiger partial charge in [0.15, 0.2) is 0 Å². The standard InChI is InChI=1S/C18H28N2O.2C18H27NO.C17H26N2O.2C17H27NO.C16H25NO/c1-15-6-8-16(9-7-15)18(10-4-5-11-18)12-13-19-14-17(21)20(2)3;1-15-4-6-16(7-5-15)18(9-2-3-10-18)11-13-19-12-8-17(20)14-19;1-16-4-6-17(7-5-16)18(8-2-3-9-18)10-11-19-12-14-20-15-13-19;1-14-5-7-15(8-6-14)17(9-3-4-10-17)11-12-19(2)13-16(18)20;1-15-5-7-16(8-6-15)17(9-3-4-10-17)11-12-18-13-14-19-2;1-15-5-7-16(8-6-15)17(9-3-4-10-17)11-12-18(2)13-14-19;1-14-4-6-15(7-5-14)16(8-2-3-9-16)10-11-17-12-13-18/h6-9,19H,4-5,10-14H2,1-3H3;4-7,17,20H,2-3,8-14H2,1H3;4-7H,2-3,8-15H2,1H3;5-8H,3-4,9-13H2,1-2H3,(H2,18,20);5-8,18H,3-4,9-14H2,1-2H3;5-8,19H,3-4,9-14H2,1-2H3;4-7,17-18H,2-3,8-13H2,1H3/t;17-;;;;;/m.0...../s1. The zero-order chi connectivity index (χ0) is 97.8. The van der Waals surface area contributed by atoms with E-state index in [9.17, 15) is 14.7 Å². The highest BCUT2D eigenvalue weighted by atomic mass is 16.5. The first-order valence-electron chi connectivity index (χ1n) is 54.1. The van der Waals surface area contributed by atoms with Crippen molar-refractivity contribution in [1.82, 2.24) is 40.4 Å². The SMILES string of the molecule is COCCNCCC1(c2ccc(C)cc2)CCCC1.Cc1ccc(C2(CCN(C)CC(N)=O)CCCC2)cc1.Cc1ccc(C2(CCN(C)CCO)CCCC2)cc1.Cc1ccc(C2(CCN3CCOCC3)CCCC2)cc1.Cc1ccc(C2(CCN3CC[C@H](O)C3)CCCC2)cc1.Cc1ccc(C2(CCNCC(=O)N(C)C)CCCC2)cc1.Cc1ccc(C2(CCNCCO)CCCC2)cc1. The van der Waals surface area contributed by atoms with Gasteiger partial charge < -0.3 is 61.2 Å². The number of aliphatic hydroxyl groups excluding tert-OH is 3. The minimum absolute atomic E-state index is 0.0890. The van der Waals surface area contributed by atoms with E-state index in [1.165, 1.54) is 280 Å². The van der Waals surface area contributed by atoms with Crippen molar-refractivity contribution in [3.63, 3.8) is 0 Å². The van der Waals surface area contributed by atoms with Gasteiger partial charge >= 0.3 is 0 Å². The van der Waals surface area contributed by atoms with Gasteiger partial charge in [-0.05, 0) is 326 Å². The molecule has 0 radical (unpaired) electrons. The maximum atomic E-state index is 11.6. The normalized spacial score (nSPS) is 19.7. The Kier molecular flexibility index (Phi) is 47.3. The summed E-state index contributed by atoms with van der Waals surface area (Å²) in [5.74, 6) is -0.103. The van der Waals surface area contributed by atoms with Crippen LogP contribution in [0.3, 0.4) is 0 Å². The van der Waals surface area contributed by atoms with E-state index in [0.717, 1.165) is 118 Å². The summed E-state index contributed by atoms with van der Waals surface area (Å²) in [6, 6.07) is 64.0. The van der Waals surface area contributed by atoms with Crippen LogP contribution in [0.15, 0.2) is 170 Å². The number of aryl methyl sites for hydroxylation is 7. The van der Waals surface area contributed by atoms with Gasteiger partial charge in [0, 0.05) is 67.0 Å². The fourth-order valence-electron chi connectivity index (χ4n) is 24.4. The van der Waals surface area contributed by atoms with E-state index in [2.05, 4.69) is 256 Å². The van der Waals surface area contributed by atoms with E-state index in [1.54, 1.807) is 42.8 Å². The largest absolute Gasteiger partial charge is 0.395 e. The maximum Gasteiger partial charge on any atom is 0.236 e. The Bertz CT molecular complexity index is 4380. The number of likely N-dealkylation sites (N-methyl/N-ethyl adjacent to an activating group) is 3. The Hall–Kier alpha value is -7.00. The molecule has 0 spiro atoms. The number of morpholine rings is 1. The van der Waals surface area contributed by atoms with Crippen molar-refractivity contribution in [2.45, 2.75) is 324 Å². The molecule has 758 valence electrons. The molecule has 1 atom stereocenters. The molecule has 2 aliphatic heterocycles. The highest BCUT2D eigenvalue weighted by molar-refractivity contribution is 5.77. The molecule has 137 heavy (non-hydrogen) atoms. The van der Waals surface area contributed by atoms with Gasteiger partial charge in [0.05, 0.1) is 52.2 Å². The van der Waals surface area contributed by atoms with Gasteiger partial charge in [0.25, 0.3) is 0 Å². The Morgan fingerprint density at radius 1 is 0.365 bits per heavy atom. The van der Waals surface area contributed by atoms with E-state index in [1.807, 2.05) is 11.9 Å². The van der Waals surface area contributed by atoms with E-state index in [0.29, 0.717) is 57.5 Å². The first-order chi connectivity index (χ1) is 66.2. The summed E-state index contributed by atoms with van der Waals surface area (Å²) in [5, 5.41) is 37.6.